The van der Waals surface area contributed by atoms with E-state index in [1.54, 1.807) is 18.5 Å². The van der Waals surface area contributed by atoms with Gasteiger partial charge in [-0.25, -0.2) is 0 Å². The van der Waals surface area contributed by atoms with Crippen LogP contribution >= 0.6 is 24.8 Å². The van der Waals surface area contributed by atoms with E-state index in [1.165, 1.54) is 0 Å². The first-order valence-electron chi connectivity index (χ1n) is 7.60. The van der Waals surface area contributed by atoms with Crippen molar-refractivity contribution in [3.63, 3.8) is 0 Å². The summed E-state index contributed by atoms with van der Waals surface area (Å²) in [4.78, 5) is 18.6. The highest BCUT2D eigenvalue weighted by molar-refractivity contribution is 5.93. The maximum atomic E-state index is 12.7. The van der Waals surface area contributed by atoms with E-state index in [2.05, 4.69) is 10.1 Å². The number of likely N-dealkylation sites (tertiary alicyclic amines) is 1. The molecule has 0 bridgehead atoms. The summed E-state index contributed by atoms with van der Waals surface area (Å²) >= 11 is 0. The molecule has 0 spiro atoms. The molecule has 2 atom stereocenters. The minimum absolute atomic E-state index is 0. The molecular formula is C16H22Cl2N4O2. The molecule has 0 saturated carbocycles. The topological polar surface area (TPSA) is 85.2 Å². The van der Waals surface area contributed by atoms with E-state index >= 15 is 0 Å². The molecule has 2 aromatic heterocycles. The molecule has 3 rings (SSSR count). The SMILES string of the molecule is CC(N)C1CCCCN1C(=O)c1cc(-c2cccnc2)on1.Cl.Cl. The van der Waals surface area contributed by atoms with E-state index in [9.17, 15) is 4.79 Å². The van der Waals surface area contributed by atoms with Crippen molar-refractivity contribution in [2.24, 2.45) is 5.73 Å². The lowest BCUT2D eigenvalue weighted by Gasteiger charge is -2.37. The van der Waals surface area contributed by atoms with E-state index in [4.69, 9.17) is 10.3 Å². The van der Waals surface area contributed by atoms with Crippen LogP contribution in [0.3, 0.4) is 0 Å². The summed E-state index contributed by atoms with van der Waals surface area (Å²) in [5.41, 5.74) is 7.15. The Morgan fingerprint density at radius 2 is 2.21 bits per heavy atom. The van der Waals surface area contributed by atoms with Crippen LogP contribution in [0.15, 0.2) is 35.1 Å². The summed E-state index contributed by atoms with van der Waals surface area (Å²) < 4.78 is 5.29. The number of nitrogens with two attached hydrogens (primary N) is 1. The van der Waals surface area contributed by atoms with E-state index in [1.807, 2.05) is 24.0 Å². The van der Waals surface area contributed by atoms with Crippen molar-refractivity contribution in [2.45, 2.75) is 38.3 Å². The maximum absolute atomic E-state index is 12.7. The largest absolute Gasteiger partial charge is 0.355 e. The Morgan fingerprint density at radius 3 is 2.88 bits per heavy atom. The number of nitrogens with zero attached hydrogens (tertiary/aromatic N) is 3. The zero-order valence-corrected chi connectivity index (χ0v) is 15.1. The highest BCUT2D eigenvalue weighted by Gasteiger charge is 2.31. The number of amides is 1. The molecule has 1 aliphatic heterocycles. The van der Waals surface area contributed by atoms with Crippen LogP contribution in [0.2, 0.25) is 0 Å². The molecule has 24 heavy (non-hydrogen) atoms. The number of aromatic nitrogens is 2. The lowest BCUT2D eigenvalue weighted by molar-refractivity contribution is 0.0573. The van der Waals surface area contributed by atoms with Gasteiger partial charge in [-0.15, -0.1) is 24.8 Å². The second-order valence-corrected chi connectivity index (χ2v) is 5.74. The zero-order chi connectivity index (χ0) is 15.5. The Morgan fingerprint density at radius 1 is 1.42 bits per heavy atom. The molecular weight excluding hydrogens is 351 g/mol. The van der Waals surface area contributed by atoms with Crippen LogP contribution in [0.4, 0.5) is 0 Å². The predicted molar refractivity (Wildman–Crippen MR) is 96.6 cm³/mol. The molecule has 0 aromatic carbocycles. The highest BCUT2D eigenvalue weighted by atomic mass is 35.5. The van der Waals surface area contributed by atoms with Gasteiger partial charge < -0.3 is 15.2 Å². The smallest absolute Gasteiger partial charge is 0.276 e. The molecule has 1 amide bonds. The minimum atomic E-state index is -0.110. The predicted octanol–water partition coefficient (Wildman–Crippen LogP) is 2.92. The van der Waals surface area contributed by atoms with E-state index in [0.29, 0.717) is 11.5 Å². The molecule has 3 heterocycles. The van der Waals surface area contributed by atoms with E-state index in [-0.39, 0.29) is 42.8 Å². The normalized spacial score (nSPS) is 18.2. The van der Waals surface area contributed by atoms with Gasteiger partial charge >= 0.3 is 0 Å². The quantitative estimate of drug-likeness (QED) is 0.894. The fourth-order valence-corrected chi connectivity index (χ4v) is 2.92. The monoisotopic (exact) mass is 372 g/mol. The van der Waals surface area contributed by atoms with Crippen molar-refractivity contribution in [3.05, 3.63) is 36.3 Å². The van der Waals surface area contributed by atoms with Gasteiger partial charge in [0.15, 0.2) is 11.5 Å². The highest BCUT2D eigenvalue weighted by Crippen LogP contribution is 2.24. The number of hydrogen-bond acceptors (Lipinski definition) is 5. The number of pyridine rings is 1. The molecule has 0 aliphatic carbocycles. The van der Waals surface area contributed by atoms with Gasteiger partial charge in [0, 0.05) is 42.7 Å². The second kappa shape index (κ2) is 9.01. The number of carbonyl (C=O) groups is 1. The summed E-state index contributed by atoms with van der Waals surface area (Å²) in [6.07, 6.45) is 6.42. The van der Waals surface area contributed by atoms with Crippen LogP contribution in [0, 0.1) is 0 Å². The van der Waals surface area contributed by atoms with Gasteiger partial charge in [-0.2, -0.15) is 0 Å². The molecule has 0 radical (unpaired) electrons. The first-order valence-corrected chi connectivity index (χ1v) is 7.60. The van der Waals surface area contributed by atoms with Gasteiger partial charge in [-0.05, 0) is 38.3 Å². The number of piperidine rings is 1. The molecule has 2 N–H and O–H groups in total. The molecule has 1 saturated heterocycles. The van der Waals surface area contributed by atoms with Crippen molar-refractivity contribution in [2.75, 3.05) is 6.54 Å². The van der Waals surface area contributed by atoms with Crippen LogP contribution in [0.1, 0.15) is 36.7 Å². The molecule has 6 nitrogen and oxygen atoms in total. The van der Waals surface area contributed by atoms with Gasteiger partial charge in [-0.1, -0.05) is 5.16 Å². The second-order valence-electron chi connectivity index (χ2n) is 5.74. The summed E-state index contributed by atoms with van der Waals surface area (Å²) in [5, 5.41) is 3.93. The van der Waals surface area contributed by atoms with Gasteiger partial charge in [0.25, 0.3) is 5.91 Å². The first-order chi connectivity index (χ1) is 10.7. The van der Waals surface area contributed by atoms with Gasteiger partial charge in [-0.3, -0.25) is 9.78 Å². The van der Waals surface area contributed by atoms with E-state index in [0.717, 1.165) is 31.4 Å². The lowest BCUT2D eigenvalue weighted by Crippen LogP contribution is -2.51. The summed E-state index contributed by atoms with van der Waals surface area (Å²) in [7, 11) is 0. The lowest BCUT2D eigenvalue weighted by atomic mass is 9.96. The van der Waals surface area contributed by atoms with Crippen LogP contribution in [-0.2, 0) is 0 Å². The van der Waals surface area contributed by atoms with Crippen molar-refractivity contribution < 1.29 is 9.32 Å². The zero-order valence-electron chi connectivity index (χ0n) is 13.4. The van der Waals surface area contributed by atoms with Crippen molar-refractivity contribution >= 4 is 30.7 Å². The fraction of sp³-hybridized carbons (Fsp3) is 0.438. The molecule has 2 unspecified atom stereocenters. The number of rotatable bonds is 3. The maximum Gasteiger partial charge on any atom is 0.276 e. The summed E-state index contributed by atoms with van der Waals surface area (Å²) in [5.74, 6) is 0.437. The van der Waals surface area contributed by atoms with Crippen LogP contribution in [0.5, 0.6) is 0 Å². The van der Waals surface area contributed by atoms with Crippen LogP contribution in [-0.4, -0.2) is 39.6 Å². The van der Waals surface area contributed by atoms with Gasteiger partial charge in [0.05, 0.1) is 0 Å². The Balaban J connectivity index is 0.00000144. The number of halogens is 2. The minimum Gasteiger partial charge on any atom is -0.355 e. The number of carbonyl (C=O) groups excluding carboxylic acids is 1. The molecule has 8 heteroatoms. The number of hydrogen-bond donors (Lipinski definition) is 1. The van der Waals surface area contributed by atoms with Crippen molar-refractivity contribution in [1.82, 2.24) is 15.0 Å². The average molecular weight is 373 g/mol. The van der Waals surface area contributed by atoms with Gasteiger partial charge in [0.1, 0.15) is 0 Å². The Hall–Kier alpha value is -1.63. The molecule has 132 valence electrons. The third kappa shape index (κ3) is 4.26. The summed E-state index contributed by atoms with van der Waals surface area (Å²) in [6.45, 7) is 2.67. The van der Waals surface area contributed by atoms with Crippen LogP contribution < -0.4 is 5.73 Å². The Bertz CT molecular complexity index is 649. The Labute approximate surface area is 153 Å². The Kier molecular flexibility index (Phi) is 7.66. The third-order valence-electron chi connectivity index (χ3n) is 4.09. The van der Waals surface area contributed by atoms with Gasteiger partial charge in [0.2, 0.25) is 0 Å². The van der Waals surface area contributed by atoms with Crippen LogP contribution in [0.25, 0.3) is 11.3 Å². The molecule has 2 aromatic rings. The standard InChI is InChI=1S/C16H20N4O2.2ClH/c1-11(17)14-6-2-3-8-20(14)16(21)13-9-15(22-19-13)12-5-4-7-18-10-12;;/h4-5,7,9-11,14H,2-3,6,8,17H2,1H3;2*1H. The average Bonchev–Trinajstić information content (AvgIpc) is 3.05. The molecule has 1 aliphatic rings. The third-order valence-corrected chi connectivity index (χ3v) is 4.09. The first kappa shape index (κ1) is 20.4. The van der Waals surface area contributed by atoms with Crippen molar-refractivity contribution in [3.8, 4) is 11.3 Å². The molecule has 1 fully saturated rings. The van der Waals surface area contributed by atoms with E-state index < -0.39 is 0 Å². The van der Waals surface area contributed by atoms with Crippen molar-refractivity contribution in [1.29, 1.82) is 0 Å². The summed E-state index contributed by atoms with van der Waals surface area (Å²) in [6, 6.07) is 5.38. The fourth-order valence-electron chi connectivity index (χ4n) is 2.92.